The van der Waals surface area contributed by atoms with Gasteiger partial charge in [-0.3, -0.25) is 0 Å². The second-order valence-electron chi connectivity index (χ2n) is 6.27. The van der Waals surface area contributed by atoms with E-state index in [4.69, 9.17) is 0 Å². The van der Waals surface area contributed by atoms with Crippen LogP contribution in [0.2, 0.25) is 0 Å². The van der Waals surface area contributed by atoms with Gasteiger partial charge in [0.2, 0.25) is 0 Å². The quantitative estimate of drug-likeness (QED) is 0.715. The molecule has 3 heteroatoms. The molecule has 0 aliphatic carbocycles. The van der Waals surface area contributed by atoms with Crippen LogP contribution in [0.15, 0.2) is 0 Å². The summed E-state index contributed by atoms with van der Waals surface area (Å²) in [5.41, 5.74) is -0.0456. The number of nitrogens with zero attached hydrogens (tertiary/aromatic N) is 1. The maximum atomic E-state index is 11.9. The maximum absolute atomic E-state index is 11.9. The summed E-state index contributed by atoms with van der Waals surface area (Å²) in [6, 6.07) is 0.153. The molecule has 0 aromatic carbocycles. The van der Waals surface area contributed by atoms with Gasteiger partial charge >= 0.3 is 6.03 Å². The molecule has 0 aliphatic heterocycles. The third kappa shape index (κ3) is 4.54. The van der Waals surface area contributed by atoms with Crippen molar-refractivity contribution in [3.05, 3.63) is 0 Å². The van der Waals surface area contributed by atoms with Gasteiger partial charge < -0.3 is 10.2 Å². The molecule has 1 N–H and O–H groups in total. The first-order chi connectivity index (χ1) is 6.46. The molecule has 1 atom stereocenters. The predicted octanol–water partition coefficient (Wildman–Crippen LogP) is 2.86. The van der Waals surface area contributed by atoms with Crippen molar-refractivity contribution in [2.24, 2.45) is 5.41 Å². The molecule has 0 aromatic heterocycles. The number of hydrogen-bond acceptors (Lipinski definition) is 1. The second kappa shape index (κ2) is 4.42. The minimum atomic E-state index is -0.137. The molecule has 2 amide bonds. The van der Waals surface area contributed by atoms with Gasteiger partial charge in [0.25, 0.3) is 0 Å². The lowest BCUT2D eigenvalue weighted by Gasteiger charge is -2.35. The van der Waals surface area contributed by atoms with Gasteiger partial charge in [0.15, 0.2) is 0 Å². The number of urea groups is 1. The van der Waals surface area contributed by atoms with E-state index in [1.165, 1.54) is 0 Å². The van der Waals surface area contributed by atoms with Crippen molar-refractivity contribution in [1.29, 1.82) is 0 Å². The zero-order valence-corrected chi connectivity index (χ0v) is 11.4. The summed E-state index contributed by atoms with van der Waals surface area (Å²) < 4.78 is 0. The lowest BCUT2D eigenvalue weighted by molar-refractivity contribution is 0.154. The molecule has 3 nitrogen and oxygen atoms in total. The van der Waals surface area contributed by atoms with Crippen molar-refractivity contribution in [3.8, 4) is 0 Å². The van der Waals surface area contributed by atoms with E-state index in [9.17, 15) is 4.79 Å². The van der Waals surface area contributed by atoms with Crippen LogP contribution in [0.4, 0.5) is 4.79 Å². The molecule has 0 spiro atoms. The number of rotatable bonds is 1. The number of hydrogen-bond donors (Lipinski definition) is 1. The Hall–Kier alpha value is -0.730. The van der Waals surface area contributed by atoms with Gasteiger partial charge in [-0.05, 0) is 33.1 Å². The van der Waals surface area contributed by atoms with E-state index < -0.39 is 0 Å². The minimum absolute atomic E-state index is 0.00933. The summed E-state index contributed by atoms with van der Waals surface area (Å²) in [5.74, 6) is 0. The largest absolute Gasteiger partial charge is 0.335 e. The highest BCUT2D eigenvalue weighted by molar-refractivity contribution is 5.75. The summed E-state index contributed by atoms with van der Waals surface area (Å²) in [4.78, 5) is 13.6. The highest BCUT2D eigenvalue weighted by Crippen LogP contribution is 2.19. The molecular formula is C12H26N2O. The first-order valence-corrected chi connectivity index (χ1v) is 5.50. The van der Waals surface area contributed by atoms with Crippen molar-refractivity contribution < 1.29 is 4.79 Å². The zero-order valence-electron chi connectivity index (χ0n) is 11.4. The topological polar surface area (TPSA) is 32.3 Å². The van der Waals surface area contributed by atoms with Crippen LogP contribution in [0.3, 0.4) is 0 Å². The average Bonchev–Trinajstić information content (AvgIpc) is 1.99. The summed E-state index contributed by atoms with van der Waals surface area (Å²) in [7, 11) is 1.82. The standard InChI is InChI=1S/C12H26N2O/c1-9(11(2,3)4)13-10(15)14(8)12(5,6)7/h9H,1-8H3,(H,13,15). The van der Waals surface area contributed by atoms with Gasteiger partial charge in [-0.2, -0.15) is 0 Å². The highest BCUT2D eigenvalue weighted by Gasteiger charge is 2.27. The van der Waals surface area contributed by atoms with Gasteiger partial charge in [-0.15, -0.1) is 0 Å². The number of amides is 2. The summed E-state index contributed by atoms with van der Waals surface area (Å²) >= 11 is 0. The highest BCUT2D eigenvalue weighted by atomic mass is 16.2. The molecule has 0 heterocycles. The first-order valence-electron chi connectivity index (χ1n) is 5.50. The SMILES string of the molecule is CC(NC(=O)N(C)C(C)(C)C)C(C)(C)C. The Morgan fingerprint density at radius 1 is 1.13 bits per heavy atom. The van der Waals surface area contributed by atoms with Crippen LogP contribution in [-0.4, -0.2) is 29.6 Å². The van der Waals surface area contributed by atoms with E-state index in [1.54, 1.807) is 4.90 Å². The Kier molecular flexibility index (Phi) is 4.20. The molecule has 0 aromatic rings. The third-order valence-electron chi connectivity index (χ3n) is 2.95. The zero-order chi connectivity index (χ0) is 12.4. The Bertz CT molecular complexity index is 223. The monoisotopic (exact) mass is 214 g/mol. The van der Waals surface area contributed by atoms with Crippen LogP contribution in [0.25, 0.3) is 0 Å². The number of carbonyl (C=O) groups excluding carboxylic acids is 1. The van der Waals surface area contributed by atoms with Crippen molar-refractivity contribution in [2.75, 3.05) is 7.05 Å². The third-order valence-corrected chi connectivity index (χ3v) is 2.95. The molecular weight excluding hydrogens is 188 g/mol. The van der Waals surface area contributed by atoms with Crippen LogP contribution < -0.4 is 5.32 Å². The lowest BCUT2D eigenvalue weighted by Crippen LogP contribution is -2.52. The molecule has 0 aliphatic rings. The average molecular weight is 214 g/mol. The minimum Gasteiger partial charge on any atom is -0.335 e. The van der Waals surface area contributed by atoms with E-state index in [2.05, 4.69) is 26.1 Å². The molecule has 0 bridgehead atoms. The molecule has 0 saturated carbocycles. The van der Waals surface area contributed by atoms with Crippen LogP contribution in [0.1, 0.15) is 48.5 Å². The Balaban J connectivity index is 4.39. The molecule has 15 heavy (non-hydrogen) atoms. The summed E-state index contributed by atoms with van der Waals surface area (Å²) in [6.07, 6.45) is 0. The van der Waals surface area contributed by atoms with Gasteiger partial charge in [0.1, 0.15) is 0 Å². The van der Waals surface area contributed by atoms with E-state index in [0.717, 1.165) is 0 Å². The Morgan fingerprint density at radius 3 is 1.80 bits per heavy atom. The van der Waals surface area contributed by atoms with Crippen LogP contribution in [0, 0.1) is 5.41 Å². The number of nitrogens with one attached hydrogen (secondary N) is 1. The van der Waals surface area contributed by atoms with E-state index in [1.807, 2.05) is 34.7 Å². The van der Waals surface area contributed by atoms with Gasteiger partial charge in [0.05, 0.1) is 0 Å². The van der Waals surface area contributed by atoms with Crippen LogP contribution in [0.5, 0.6) is 0 Å². The molecule has 1 unspecified atom stereocenters. The van der Waals surface area contributed by atoms with Crippen molar-refractivity contribution in [2.45, 2.75) is 60.0 Å². The molecule has 0 saturated heterocycles. The molecule has 90 valence electrons. The van der Waals surface area contributed by atoms with Crippen molar-refractivity contribution in [3.63, 3.8) is 0 Å². The van der Waals surface area contributed by atoms with E-state index >= 15 is 0 Å². The van der Waals surface area contributed by atoms with Crippen LogP contribution in [-0.2, 0) is 0 Å². The van der Waals surface area contributed by atoms with Gasteiger partial charge in [-0.25, -0.2) is 4.79 Å². The van der Waals surface area contributed by atoms with Crippen molar-refractivity contribution >= 4 is 6.03 Å². The van der Waals surface area contributed by atoms with Gasteiger partial charge in [0, 0.05) is 18.6 Å². The second-order valence-corrected chi connectivity index (χ2v) is 6.27. The molecule has 0 fully saturated rings. The fraction of sp³-hybridized carbons (Fsp3) is 0.917. The van der Waals surface area contributed by atoms with Gasteiger partial charge in [-0.1, -0.05) is 20.8 Å². The Morgan fingerprint density at radius 2 is 1.53 bits per heavy atom. The summed E-state index contributed by atoms with van der Waals surface area (Å²) in [5, 5.41) is 3.01. The molecule has 0 radical (unpaired) electrons. The normalized spacial score (nSPS) is 14.7. The first kappa shape index (κ1) is 14.3. The lowest BCUT2D eigenvalue weighted by atomic mass is 9.88. The van der Waals surface area contributed by atoms with Crippen molar-refractivity contribution in [1.82, 2.24) is 10.2 Å². The molecule has 0 rings (SSSR count). The fourth-order valence-corrected chi connectivity index (χ4v) is 0.803. The summed E-state index contributed by atoms with van der Waals surface area (Å²) in [6.45, 7) is 14.5. The predicted molar refractivity (Wildman–Crippen MR) is 65.0 cm³/mol. The number of carbonyl (C=O) groups is 1. The maximum Gasteiger partial charge on any atom is 0.317 e. The fourth-order valence-electron chi connectivity index (χ4n) is 0.803. The van der Waals surface area contributed by atoms with E-state index in [0.29, 0.717) is 0 Å². The smallest absolute Gasteiger partial charge is 0.317 e. The van der Waals surface area contributed by atoms with Crippen LogP contribution >= 0.6 is 0 Å². The Labute approximate surface area is 94.2 Å². The van der Waals surface area contributed by atoms with E-state index in [-0.39, 0.29) is 23.0 Å².